The number of hydrogen-bond donors (Lipinski definition) is 1. The van der Waals surface area contributed by atoms with Crippen LogP contribution in [0.3, 0.4) is 0 Å². The number of carbonyl (C=O) groups excluding carboxylic acids is 2. The van der Waals surface area contributed by atoms with Crippen molar-refractivity contribution in [2.45, 2.75) is 51.1 Å². The maximum Gasteiger partial charge on any atom is 0.416 e. The Bertz CT molecular complexity index is 1170. The molecule has 3 rings (SSSR count). The number of halogens is 6. The number of nitrogens with one attached hydrogen (secondary N) is 1. The molecule has 0 spiro atoms. The molecule has 0 radical (unpaired) electrons. The summed E-state index contributed by atoms with van der Waals surface area (Å²) in [5.41, 5.74) is -2.67. The molecule has 1 heterocycles. The van der Waals surface area contributed by atoms with Crippen molar-refractivity contribution in [1.82, 2.24) is 5.32 Å². The van der Waals surface area contributed by atoms with Crippen molar-refractivity contribution in [3.63, 3.8) is 0 Å². The molecule has 7 nitrogen and oxygen atoms in total. The highest BCUT2D eigenvalue weighted by molar-refractivity contribution is 5.95. The third kappa shape index (κ3) is 6.08. The summed E-state index contributed by atoms with van der Waals surface area (Å²) in [6.45, 7) is 2.84. The topological polar surface area (TPSA) is 77.1 Å². The molecular weight excluding hydrogens is 522 g/mol. The number of fused-ring (bicyclic) bond motifs is 1. The van der Waals surface area contributed by atoms with Crippen molar-refractivity contribution < 1.29 is 50.1 Å². The van der Waals surface area contributed by atoms with Gasteiger partial charge in [-0.1, -0.05) is 0 Å². The smallest absolute Gasteiger partial charge is 0.416 e. The molecule has 0 aliphatic carbocycles. The van der Waals surface area contributed by atoms with Crippen LogP contribution in [-0.4, -0.2) is 38.9 Å². The Kier molecular flexibility index (Phi) is 8.37. The van der Waals surface area contributed by atoms with Crippen LogP contribution >= 0.6 is 0 Å². The first-order valence-electron chi connectivity index (χ1n) is 11.5. The Hall–Kier alpha value is -3.64. The maximum atomic E-state index is 13.2. The Morgan fingerprint density at radius 1 is 0.947 bits per heavy atom. The maximum absolute atomic E-state index is 13.2. The highest BCUT2D eigenvalue weighted by Crippen LogP contribution is 2.45. The average molecular weight is 548 g/mol. The van der Waals surface area contributed by atoms with Crippen LogP contribution in [0.2, 0.25) is 0 Å². The summed E-state index contributed by atoms with van der Waals surface area (Å²) in [7, 11) is 2.76. The minimum Gasteiger partial charge on any atom is -0.493 e. The fourth-order valence-corrected chi connectivity index (χ4v) is 4.34. The quantitative estimate of drug-likeness (QED) is 0.456. The van der Waals surface area contributed by atoms with Crippen molar-refractivity contribution in [3.05, 3.63) is 52.6 Å². The van der Waals surface area contributed by atoms with Gasteiger partial charge < -0.3 is 19.5 Å². The van der Waals surface area contributed by atoms with Gasteiger partial charge in [-0.15, -0.1) is 0 Å². The van der Waals surface area contributed by atoms with Crippen LogP contribution in [-0.2, 0) is 28.4 Å². The molecule has 2 aromatic rings. The third-order valence-electron chi connectivity index (χ3n) is 6.08. The van der Waals surface area contributed by atoms with Gasteiger partial charge in [0.1, 0.15) is 0 Å². The van der Waals surface area contributed by atoms with Gasteiger partial charge in [-0.3, -0.25) is 9.69 Å². The number of rotatable bonds is 6. The van der Waals surface area contributed by atoms with Gasteiger partial charge in [0.2, 0.25) is 5.91 Å². The first kappa shape index (κ1) is 28.9. The normalized spacial score (nSPS) is 17.5. The Morgan fingerprint density at radius 3 is 2.00 bits per heavy atom. The number of methoxy groups -OCH3 is 2. The van der Waals surface area contributed by atoms with Gasteiger partial charge in [-0.25, -0.2) is 4.79 Å². The lowest BCUT2D eigenvalue weighted by Crippen LogP contribution is -2.46. The molecule has 13 heteroatoms. The molecule has 208 valence electrons. The molecule has 2 atom stereocenters. The van der Waals surface area contributed by atoms with E-state index >= 15 is 0 Å². The zero-order valence-electron chi connectivity index (χ0n) is 20.9. The van der Waals surface area contributed by atoms with E-state index in [0.717, 1.165) is 0 Å². The lowest BCUT2D eigenvalue weighted by atomic mass is 9.85. The first-order chi connectivity index (χ1) is 17.7. The molecule has 38 heavy (non-hydrogen) atoms. The molecule has 1 N–H and O–H groups in total. The van der Waals surface area contributed by atoms with Crippen LogP contribution in [0.1, 0.15) is 48.4 Å². The Balaban J connectivity index is 1.97. The van der Waals surface area contributed by atoms with Gasteiger partial charge in [-0.2, -0.15) is 26.3 Å². The van der Waals surface area contributed by atoms with Gasteiger partial charge in [0.15, 0.2) is 11.5 Å². The predicted octanol–water partition coefficient (Wildman–Crippen LogP) is 5.90. The van der Waals surface area contributed by atoms with Crippen molar-refractivity contribution in [1.29, 1.82) is 0 Å². The predicted molar refractivity (Wildman–Crippen MR) is 124 cm³/mol. The highest BCUT2D eigenvalue weighted by Gasteiger charge is 2.40. The van der Waals surface area contributed by atoms with Crippen molar-refractivity contribution in [3.8, 4) is 11.5 Å². The van der Waals surface area contributed by atoms with E-state index < -0.39 is 54.0 Å². The molecule has 0 aromatic heterocycles. The van der Waals surface area contributed by atoms with Gasteiger partial charge in [0.25, 0.3) is 0 Å². The van der Waals surface area contributed by atoms with Crippen molar-refractivity contribution >= 4 is 17.7 Å². The summed E-state index contributed by atoms with van der Waals surface area (Å²) in [6, 6.07) is 3.60. The molecule has 0 saturated heterocycles. The molecule has 1 aliphatic rings. The van der Waals surface area contributed by atoms with Crippen LogP contribution < -0.4 is 19.7 Å². The Morgan fingerprint density at radius 2 is 1.50 bits per heavy atom. The zero-order chi connectivity index (χ0) is 28.4. The van der Waals surface area contributed by atoms with E-state index in [1.54, 1.807) is 13.8 Å². The lowest BCUT2D eigenvalue weighted by molar-refractivity contribution is -0.143. The molecular formula is C25H26F6N2O5. The van der Waals surface area contributed by atoms with E-state index in [1.807, 2.05) is 0 Å². The van der Waals surface area contributed by atoms with Gasteiger partial charge in [0, 0.05) is 18.7 Å². The summed E-state index contributed by atoms with van der Waals surface area (Å²) < 4.78 is 95.0. The number of alkyl halides is 6. The number of ether oxygens (including phenoxy) is 3. The van der Waals surface area contributed by atoms with Gasteiger partial charge >= 0.3 is 18.4 Å². The van der Waals surface area contributed by atoms with E-state index in [2.05, 4.69) is 5.32 Å². The number of anilines is 1. The zero-order valence-corrected chi connectivity index (χ0v) is 20.9. The minimum atomic E-state index is -5.01. The van der Waals surface area contributed by atoms with E-state index in [0.29, 0.717) is 23.4 Å². The second-order valence-electron chi connectivity index (χ2n) is 8.60. The van der Waals surface area contributed by atoms with Gasteiger partial charge in [0.05, 0.1) is 43.6 Å². The van der Waals surface area contributed by atoms with E-state index in [-0.39, 0.29) is 36.2 Å². The molecule has 0 bridgehead atoms. The fourth-order valence-electron chi connectivity index (χ4n) is 4.34. The third-order valence-corrected chi connectivity index (χ3v) is 6.08. The van der Waals surface area contributed by atoms with Crippen LogP contribution in [0, 0.1) is 0 Å². The van der Waals surface area contributed by atoms with Crippen molar-refractivity contribution in [2.24, 2.45) is 0 Å². The molecule has 2 amide bonds. The van der Waals surface area contributed by atoms with Crippen LogP contribution in [0.15, 0.2) is 30.3 Å². The largest absolute Gasteiger partial charge is 0.493 e. The SMILES string of the molecule is CCOC(=O)N1c2cc(OC)c(OC)cc2C(C(=O)NCc2cc(C(F)(F)F)cc(C(F)(F)F)c2)CC1C. The molecule has 2 unspecified atom stereocenters. The first-order valence-corrected chi connectivity index (χ1v) is 11.5. The number of amides is 2. The molecule has 0 fully saturated rings. The van der Waals surface area contributed by atoms with Crippen LogP contribution in [0.25, 0.3) is 0 Å². The van der Waals surface area contributed by atoms with E-state index in [9.17, 15) is 35.9 Å². The number of hydrogen-bond acceptors (Lipinski definition) is 5. The number of carbonyl (C=O) groups is 2. The van der Waals surface area contributed by atoms with Crippen LogP contribution in [0.4, 0.5) is 36.8 Å². The van der Waals surface area contributed by atoms with Crippen LogP contribution in [0.5, 0.6) is 11.5 Å². The highest BCUT2D eigenvalue weighted by atomic mass is 19.4. The standard InChI is InChI=1S/C25H26F6N2O5/c1-5-38-23(35)33-13(2)6-18(17-10-20(36-3)21(37-4)11-19(17)33)22(34)32-12-14-7-15(24(26,27)28)9-16(8-14)25(29,30)31/h7-11,13,18H,5-6,12H2,1-4H3,(H,32,34). The molecule has 2 aromatic carbocycles. The minimum absolute atomic E-state index is 0.0218. The summed E-state index contributed by atoms with van der Waals surface area (Å²) in [6.07, 6.45) is -10.6. The van der Waals surface area contributed by atoms with Gasteiger partial charge in [-0.05, 0) is 55.7 Å². The summed E-state index contributed by atoms with van der Waals surface area (Å²) in [4.78, 5) is 27.3. The monoisotopic (exact) mass is 548 g/mol. The summed E-state index contributed by atoms with van der Waals surface area (Å²) >= 11 is 0. The molecule has 1 aliphatic heterocycles. The second-order valence-corrected chi connectivity index (χ2v) is 8.60. The second kappa shape index (κ2) is 11.0. The van der Waals surface area contributed by atoms with Crippen molar-refractivity contribution in [2.75, 3.05) is 25.7 Å². The fraction of sp³-hybridized carbons (Fsp3) is 0.440. The number of benzene rings is 2. The molecule has 0 saturated carbocycles. The summed E-state index contributed by atoms with van der Waals surface area (Å²) in [5, 5.41) is 2.44. The Labute approximate surface area is 214 Å². The lowest BCUT2D eigenvalue weighted by Gasteiger charge is -2.38. The average Bonchev–Trinajstić information content (AvgIpc) is 2.84. The van der Waals surface area contributed by atoms with E-state index in [1.165, 1.54) is 31.3 Å². The summed E-state index contributed by atoms with van der Waals surface area (Å²) in [5.74, 6) is -1.02. The van der Waals surface area contributed by atoms with E-state index in [4.69, 9.17) is 14.2 Å². The number of nitrogens with zero attached hydrogens (tertiary/aromatic N) is 1.